The third kappa shape index (κ3) is 4.51. The monoisotopic (exact) mass is 335 g/mol. The average molecular weight is 335 g/mol. The highest BCUT2D eigenvalue weighted by Crippen LogP contribution is 2.26. The van der Waals surface area contributed by atoms with Gasteiger partial charge in [-0.25, -0.2) is 4.79 Å². The average Bonchev–Trinajstić information content (AvgIpc) is 2.60. The molecule has 1 aliphatic rings. The minimum Gasteiger partial charge on any atom is -0.445 e. The first-order valence-corrected chi connectivity index (χ1v) is 8.38. The summed E-state index contributed by atoms with van der Waals surface area (Å²) in [5.41, 5.74) is 3.71. The van der Waals surface area contributed by atoms with Gasteiger partial charge in [0.05, 0.1) is 11.6 Å². The van der Waals surface area contributed by atoms with E-state index in [4.69, 9.17) is 10.00 Å². The fourth-order valence-corrected chi connectivity index (χ4v) is 2.85. The van der Waals surface area contributed by atoms with E-state index in [0.717, 1.165) is 29.7 Å². The number of hydrogen-bond donors (Lipinski definition) is 2. The van der Waals surface area contributed by atoms with Crippen molar-refractivity contribution in [2.24, 2.45) is 0 Å². The van der Waals surface area contributed by atoms with Crippen LogP contribution in [-0.4, -0.2) is 18.2 Å². The maximum absolute atomic E-state index is 11.8. The van der Waals surface area contributed by atoms with Crippen LogP contribution in [0.2, 0.25) is 0 Å². The van der Waals surface area contributed by atoms with E-state index < -0.39 is 0 Å². The highest BCUT2D eigenvalue weighted by molar-refractivity contribution is 5.68. The molecule has 1 fully saturated rings. The third-order valence-electron chi connectivity index (χ3n) is 4.40. The summed E-state index contributed by atoms with van der Waals surface area (Å²) in [4.78, 5) is 11.8. The van der Waals surface area contributed by atoms with Crippen molar-refractivity contribution in [3.05, 3.63) is 65.2 Å². The van der Waals surface area contributed by atoms with Gasteiger partial charge in [0, 0.05) is 17.8 Å². The van der Waals surface area contributed by atoms with Crippen molar-refractivity contribution >= 4 is 11.8 Å². The standard InChI is InChI=1S/C20H21N3O2/c1-14-7-8-16(12-21)9-19(14)22-17-10-18(11-17)23-20(24)25-13-15-5-3-2-4-6-15/h2-9,17-18,22H,10-11,13H2,1H3,(H,23,24). The largest absolute Gasteiger partial charge is 0.445 e. The molecular formula is C20H21N3O2. The summed E-state index contributed by atoms with van der Waals surface area (Å²) in [6.45, 7) is 2.29. The molecule has 0 aromatic heterocycles. The molecule has 0 saturated heterocycles. The van der Waals surface area contributed by atoms with Gasteiger partial charge >= 0.3 is 6.09 Å². The first-order valence-electron chi connectivity index (χ1n) is 8.38. The summed E-state index contributed by atoms with van der Waals surface area (Å²) in [6, 6.07) is 17.8. The number of amides is 1. The Morgan fingerprint density at radius 2 is 1.96 bits per heavy atom. The fourth-order valence-electron chi connectivity index (χ4n) is 2.85. The summed E-state index contributed by atoms with van der Waals surface area (Å²) < 4.78 is 5.23. The van der Waals surface area contributed by atoms with E-state index in [9.17, 15) is 4.79 Å². The zero-order valence-electron chi connectivity index (χ0n) is 14.2. The van der Waals surface area contributed by atoms with Crippen LogP contribution in [0.5, 0.6) is 0 Å². The Labute approximate surface area is 147 Å². The number of nitrogens with one attached hydrogen (secondary N) is 2. The molecule has 0 unspecified atom stereocenters. The zero-order valence-corrected chi connectivity index (χ0v) is 14.2. The maximum atomic E-state index is 11.8. The number of nitrogens with zero attached hydrogens (tertiary/aromatic N) is 1. The summed E-state index contributed by atoms with van der Waals surface area (Å²) in [7, 11) is 0. The van der Waals surface area contributed by atoms with E-state index in [1.165, 1.54) is 0 Å². The minimum absolute atomic E-state index is 0.125. The van der Waals surface area contributed by atoms with Crippen LogP contribution in [0.4, 0.5) is 10.5 Å². The molecular weight excluding hydrogens is 314 g/mol. The number of alkyl carbamates (subject to hydrolysis) is 1. The third-order valence-corrected chi connectivity index (χ3v) is 4.40. The van der Waals surface area contributed by atoms with Gasteiger partial charge in [0.25, 0.3) is 0 Å². The summed E-state index contributed by atoms with van der Waals surface area (Å²) in [5, 5.41) is 15.3. The molecule has 1 amide bonds. The predicted octanol–water partition coefficient (Wildman–Crippen LogP) is 3.74. The quantitative estimate of drug-likeness (QED) is 0.873. The van der Waals surface area contributed by atoms with Crippen molar-refractivity contribution in [2.75, 3.05) is 5.32 Å². The van der Waals surface area contributed by atoms with Crippen molar-refractivity contribution in [3.8, 4) is 6.07 Å². The van der Waals surface area contributed by atoms with Crippen molar-refractivity contribution in [2.45, 2.75) is 38.5 Å². The summed E-state index contributed by atoms with van der Waals surface area (Å²) in [5.74, 6) is 0. The molecule has 1 aliphatic carbocycles. The van der Waals surface area contributed by atoms with Gasteiger partial charge in [-0.1, -0.05) is 36.4 Å². The van der Waals surface area contributed by atoms with Gasteiger partial charge in [-0.3, -0.25) is 0 Å². The van der Waals surface area contributed by atoms with Crippen LogP contribution in [-0.2, 0) is 11.3 Å². The minimum atomic E-state index is -0.380. The van der Waals surface area contributed by atoms with Crippen LogP contribution in [0.15, 0.2) is 48.5 Å². The van der Waals surface area contributed by atoms with E-state index in [1.54, 1.807) is 0 Å². The second kappa shape index (κ2) is 7.71. The molecule has 1 saturated carbocycles. The second-order valence-corrected chi connectivity index (χ2v) is 6.36. The number of carbonyl (C=O) groups is 1. The van der Waals surface area contributed by atoms with Crippen LogP contribution in [0.25, 0.3) is 0 Å². The Hall–Kier alpha value is -3.00. The highest BCUT2D eigenvalue weighted by atomic mass is 16.5. The topological polar surface area (TPSA) is 74.2 Å². The van der Waals surface area contributed by atoms with E-state index >= 15 is 0 Å². The van der Waals surface area contributed by atoms with Gasteiger partial charge in [0.2, 0.25) is 0 Å². The number of anilines is 1. The number of hydrogen-bond acceptors (Lipinski definition) is 4. The number of aryl methyl sites for hydroxylation is 1. The lowest BCUT2D eigenvalue weighted by atomic mass is 9.86. The Morgan fingerprint density at radius 3 is 2.68 bits per heavy atom. The molecule has 128 valence electrons. The predicted molar refractivity (Wildman–Crippen MR) is 96.1 cm³/mol. The van der Waals surface area contributed by atoms with Crippen LogP contribution in [0.1, 0.15) is 29.5 Å². The maximum Gasteiger partial charge on any atom is 0.407 e. The molecule has 3 rings (SSSR count). The lowest BCUT2D eigenvalue weighted by Gasteiger charge is -2.37. The van der Waals surface area contributed by atoms with Gasteiger partial charge in [0.15, 0.2) is 0 Å². The van der Waals surface area contributed by atoms with E-state index in [2.05, 4.69) is 16.7 Å². The van der Waals surface area contributed by atoms with Crippen molar-refractivity contribution in [1.29, 1.82) is 5.26 Å². The Balaban J connectivity index is 1.41. The molecule has 0 bridgehead atoms. The lowest BCUT2D eigenvalue weighted by Crippen LogP contribution is -2.49. The molecule has 5 nitrogen and oxygen atoms in total. The van der Waals surface area contributed by atoms with Crippen molar-refractivity contribution in [3.63, 3.8) is 0 Å². The van der Waals surface area contributed by atoms with E-state index in [0.29, 0.717) is 11.6 Å². The first-order chi connectivity index (χ1) is 12.1. The van der Waals surface area contributed by atoms with Gasteiger partial charge < -0.3 is 15.4 Å². The van der Waals surface area contributed by atoms with Gasteiger partial charge in [0.1, 0.15) is 6.61 Å². The molecule has 0 heterocycles. The molecule has 2 aromatic rings. The summed E-state index contributed by atoms with van der Waals surface area (Å²) in [6.07, 6.45) is 1.31. The number of nitriles is 1. The SMILES string of the molecule is Cc1ccc(C#N)cc1NC1CC(NC(=O)OCc2ccccc2)C1. The summed E-state index contributed by atoms with van der Waals surface area (Å²) >= 11 is 0. The van der Waals surface area contributed by atoms with E-state index in [1.807, 2.05) is 55.5 Å². The van der Waals surface area contributed by atoms with Gasteiger partial charge in [-0.05, 0) is 43.0 Å². The van der Waals surface area contributed by atoms with Crippen LogP contribution >= 0.6 is 0 Å². The number of rotatable bonds is 5. The molecule has 0 spiro atoms. The van der Waals surface area contributed by atoms with Crippen molar-refractivity contribution < 1.29 is 9.53 Å². The van der Waals surface area contributed by atoms with Gasteiger partial charge in [-0.15, -0.1) is 0 Å². The first kappa shape index (κ1) is 16.8. The normalized spacial score (nSPS) is 18.6. The second-order valence-electron chi connectivity index (χ2n) is 6.36. The van der Waals surface area contributed by atoms with Crippen LogP contribution in [0.3, 0.4) is 0 Å². The Kier molecular flexibility index (Phi) is 5.20. The smallest absolute Gasteiger partial charge is 0.407 e. The zero-order chi connectivity index (χ0) is 17.6. The van der Waals surface area contributed by atoms with E-state index in [-0.39, 0.29) is 18.7 Å². The number of benzene rings is 2. The Bertz CT molecular complexity index is 777. The fraction of sp³-hybridized carbons (Fsp3) is 0.300. The molecule has 2 aromatic carbocycles. The highest BCUT2D eigenvalue weighted by Gasteiger charge is 2.30. The Morgan fingerprint density at radius 1 is 1.20 bits per heavy atom. The molecule has 0 radical (unpaired) electrons. The molecule has 0 atom stereocenters. The van der Waals surface area contributed by atoms with Gasteiger partial charge in [-0.2, -0.15) is 5.26 Å². The molecule has 5 heteroatoms. The molecule has 0 aliphatic heterocycles. The molecule has 25 heavy (non-hydrogen) atoms. The number of carbonyl (C=O) groups excluding carboxylic acids is 1. The molecule has 2 N–H and O–H groups in total. The lowest BCUT2D eigenvalue weighted by molar-refractivity contribution is 0.129. The number of ether oxygens (including phenoxy) is 1. The van der Waals surface area contributed by atoms with Crippen molar-refractivity contribution in [1.82, 2.24) is 5.32 Å². The van der Waals surface area contributed by atoms with Crippen LogP contribution in [0, 0.1) is 18.3 Å². The van der Waals surface area contributed by atoms with Crippen LogP contribution < -0.4 is 10.6 Å².